The lowest BCUT2D eigenvalue weighted by atomic mass is 10.2. The fourth-order valence-electron chi connectivity index (χ4n) is 5.81. The number of esters is 2. The summed E-state index contributed by atoms with van der Waals surface area (Å²) >= 11 is 2.96. The number of thioether (sulfide) groups is 4. The van der Waals surface area contributed by atoms with E-state index < -0.39 is 69.2 Å². The van der Waals surface area contributed by atoms with Crippen LogP contribution >= 0.6 is 47.0 Å². The van der Waals surface area contributed by atoms with Crippen LogP contribution in [0, 0.1) is 0 Å². The Balaban J connectivity index is 0.000000302. The molecule has 0 radical (unpaired) electrons. The van der Waals surface area contributed by atoms with Gasteiger partial charge in [0.25, 0.3) is 23.8 Å². The topological polar surface area (TPSA) is 410 Å². The minimum atomic E-state index is -1.18. The van der Waals surface area contributed by atoms with Crippen LogP contribution in [-0.2, 0) is 85.5 Å². The first-order valence-corrected chi connectivity index (χ1v) is 28.9. The summed E-state index contributed by atoms with van der Waals surface area (Å²) in [4.78, 5) is 89.7. The SMILES string of the molecule is C=C1OC(C)=C(COC(=O)SC[C@H](N)C(=O)O)O1.C=C1OC(C)=C(COC(=O)SC[C@H](N)C(=O)OCC)O1.C=C1OC(COC(=O)SC[C@H](N)C(=O)O)=C(c2ccccc2)O1.C=C1OC(COC(=O)SC[C@H](N)C(=O)OCC)=C(c2ccccc2)O1. The second kappa shape index (κ2) is 37.9. The highest BCUT2D eigenvalue weighted by Crippen LogP contribution is 2.34. The van der Waals surface area contributed by atoms with Crippen LogP contribution in [0.15, 0.2) is 145 Å². The van der Waals surface area contributed by atoms with Crippen molar-refractivity contribution < 1.29 is 115 Å². The number of hydrogen-bond donors (Lipinski definition) is 6. The van der Waals surface area contributed by atoms with Crippen LogP contribution < -0.4 is 22.9 Å². The first kappa shape index (κ1) is 72.0. The Kier molecular flexibility index (Phi) is 31.8. The molecule has 4 aliphatic heterocycles. The first-order valence-electron chi connectivity index (χ1n) is 25.0. The van der Waals surface area contributed by atoms with E-state index in [2.05, 4.69) is 26.3 Å². The molecule has 0 fully saturated rings. The van der Waals surface area contributed by atoms with Crippen LogP contribution in [0.25, 0.3) is 11.5 Å². The van der Waals surface area contributed by atoms with Crippen molar-refractivity contribution in [3.63, 3.8) is 0 Å². The van der Waals surface area contributed by atoms with E-state index in [-0.39, 0.29) is 86.4 Å². The molecule has 0 saturated heterocycles. The van der Waals surface area contributed by atoms with Crippen LogP contribution in [0.3, 0.4) is 0 Å². The van der Waals surface area contributed by atoms with Gasteiger partial charge in [0.15, 0.2) is 61.0 Å². The molecule has 86 heavy (non-hydrogen) atoms. The molecule has 32 heteroatoms. The van der Waals surface area contributed by atoms with Gasteiger partial charge in [-0.2, -0.15) is 0 Å². The van der Waals surface area contributed by atoms with Gasteiger partial charge in [-0.15, -0.1) is 0 Å². The Bertz CT molecular complexity index is 2920. The third kappa shape index (κ3) is 26.8. The van der Waals surface area contributed by atoms with Crippen molar-refractivity contribution in [1.82, 2.24) is 0 Å². The number of hydrogen-bond acceptors (Lipinski definition) is 30. The molecule has 4 aliphatic rings. The summed E-state index contributed by atoms with van der Waals surface area (Å²) in [6, 6.07) is 14.4. The average Bonchev–Trinajstić information content (AvgIpc) is 3.37. The number of rotatable bonds is 24. The van der Waals surface area contributed by atoms with Crippen molar-refractivity contribution in [2.24, 2.45) is 22.9 Å². The Labute approximate surface area is 510 Å². The average molecular weight is 1280 g/mol. The minimum Gasteiger partial charge on any atom is -0.480 e. The molecule has 6 rings (SSSR count). The Morgan fingerprint density at radius 1 is 0.419 bits per heavy atom. The first-order chi connectivity index (χ1) is 40.8. The third-order valence-corrected chi connectivity index (χ3v) is 13.4. The lowest BCUT2D eigenvalue weighted by molar-refractivity contribution is -0.144. The summed E-state index contributed by atoms with van der Waals surface area (Å²) in [5.41, 5.74) is 23.2. The molecule has 0 saturated carbocycles. The standard InChI is InChI=1S/C17H19NO6S.C15H15NO6S.C12H17NO6S.C10H13NO6S/c1-3-21-16(19)13(18)10-25-17(20)22-9-14-15(24-11(2)23-14)12-7-5-4-6-8-12;1-9-21-12(13(22-9)10-5-3-2-4-6-10)7-20-15(19)23-8-11(16)14(17)18;1-4-16-11(14)9(13)6-20-12(15)17-5-10-7(2)18-8(3)19-10;1-5-8(17-6(2)16-5)3-15-10(14)18-4-7(11)9(12)13/h4-8,13H,2-3,9-10,18H2,1H3;2-6,11H,1,7-8,16H2,(H,17,18);9H,3-6,13H2,1-2H3;7H,2-4,11H2,1H3,(H,12,13)/t13-;11-;9-;7-/m0000/s1. The number of ether oxygens (including phenoxy) is 14. The quantitative estimate of drug-likeness (QED) is 0.0443. The van der Waals surface area contributed by atoms with Crippen LogP contribution in [0.4, 0.5) is 19.2 Å². The predicted octanol–water partition coefficient (Wildman–Crippen LogP) is 7.30. The number of carboxylic acid groups (broad SMARTS) is 2. The predicted molar refractivity (Wildman–Crippen MR) is 313 cm³/mol. The molecule has 468 valence electrons. The number of carbonyl (C=O) groups is 8. The third-order valence-electron chi connectivity index (χ3n) is 9.90. The number of carboxylic acids is 2. The van der Waals surface area contributed by atoms with Gasteiger partial charge in [-0.1, -0.05) is 60.7 Å². The maximum absolute atomic E-state index is 11.8. The highest BCUT2D eigenvalue weighted by Gasteiger charge is 2.28. The Morgan fingerprint density at radius 2 is 0.686 bits per heavy atom. The molecule has 0 aliphatic carbocycles. The van der Waals surface area contributed by atoms with Crippen molar-refractivity contribution in [2.75, 3.05) is 62.7 Å². The van der Waals surface area contributed by atoms with Crippen LogP contribution in [-0.4, -0.2) is 142 Å². The second-order valence-electron chi connectivity index (χ2n) is 16.5. The number of aliphatic carboxylic acids is 2. The molecule has 2 aromatic carbocycles. The van der Waals surface area contributed by atoms with Gasteiger partial charge in [0.2, 0.25) is 0 Å². The molecule has 28 nitrogen and oxygen atoms in total. The van der Waals surface area contributed by atoms with E-state index in [9.17, 15) is 38.4 Å². The molecular formula is C54H64N4O24S4. The van der Waals surface area contributed by atoms with Gasteiger partial charge in [0.1, 0.15) is 35.7 Å². The lowest BCUT2D eigenvalue weighted by Crippen LogP contribution is -2.35. The van der Waals surface area contributed by atoms with E-state index in [1.54, 1.807) is 27.7 Å². The molecular weight excluding hydrogens is 1220 g/mol. The van der Waals surface area contributed by atoms with Crippen molar-refractivity contribution in [3.05, 3.63) is 156 Å². The molecule has 0 unspecified atom stereocenters. The van der Waals surface area contributed by atoms with E-state index in [0.29, 0.717) is 69.6 Å². The summed E-state index contributed by atoms with van der Waals surface area (Å²) in [5, 5.41) is 14.7. The maximum atomic E-state index is 11.8. The van der Waals surface area contributed by atoms with Gasteiger partial charge in [0.05, 0.1) is 13.2 Å². The number of nitrogens with two attached hydrogens (primary N) is 4. The molecule has 0 aromatic heterocycles. The Hall–Kier alpha value is -8.24. The van der Waals surface area contributed by atoms with Crippen molar-refractivity contribution >= 4 is 104 Å². The van der Waals surface area contributed by atoms with Gasteiger partial charge in [0, 0.05) is 34.1 Å². The van der Waals surface area contributed by atoms with Crippen LogP contribution in [0.1, 0.15) is 38.8 Å². The molecule has 0 bridgehead atoms. The van der Waals surface area contributed by atoms with Gasteiger partial charge in [-0.05, 0) is 101 Å². The summed E-state index contributed by atoms with van der Waals surface area (Å²) < 4.78 is 71.1. The second-order valence-corrected chi connectivity index (χ2v) is 20.3. The van der Waals surface area contributed by atoms with Crippen LogP contribution in [0.5, 0.6) is 0 Å². The highest BCUT2D eigenvalue weighted by molar-refractivity contribution is 8.14. The summed E-state index contributed by atoms with van der Waals surface area (Å²) in [7, 11) is 0. The van der Waals surface area contributed by atoms with Gasteiger partial charge >= 0.3 is 45.1 Å². The van der Waals surface area contributed by atoms with E-state index in [1.165, 1.54) is 0 Å². The number of carbonyl (C=O) groups excluding carboxylic acids is 6. The fourth-order valence-corrected chi connectivity index (χ4v) is 8.20. The molecule has 0 amide bonds. The maximum Gasteiger partial charge on any atom is 0.367 e. The fraction of sp³-hybridized carbons (Fsp3) is 0.333. The number of allylic oxidation sites excluding steroid dienone is 2. The Morgan fingerprint density at radius 3 is 0.953 bits per heavy atom. The zero-order valence-corrected chi connectivity index (χ0v) is 50.1. The molecule has 10 N–H and O–H groups in total. The van der Waals surface area contributed by atoms with E-state index in [4.69, 9.17) is 99.5 Å². The van der Waals surface area contributed by atoms with Gasteiger partial charge in [-0.3, -0.25) is 19.2 Å². The van der Waals surface area contributed by atoms with Crippen molar-refractivity contribution in [2.45, 2.75) is 51.9 Å². The number of benzene rings is 2. The van der Waals surface area contributed by atoms with Crippen molar-refractivity contribution in [3.8, 4) is 0 Å². The van der Waals surface area contributed by atoms with Crippen LogP contribution in [0.2, 0.25) is 0 Å². The summed E-state index contributed by atoms with van der Waals surface area (Å²) in [5.74, 6) is 0.287. The zero-order valence-electron chi connectivity index (χ0n) is 46.8. The monoisotopic (exact) mass is 1280 g/mol. The van der Waals surface area contributed by atoms with E-state index in [0.717, 1.165) is 34.7 Å². The van der Waals surface area contributed by atoms with E-state index in [1.807, 2.05) is 60.7 Å². The summed E-state index contributed by atoms with van der Waals surface area (Å²) in [6.07, 6.45) is 0. The lowest BCUT2D eigenvalue weighted by Gasteiger charge is -2.09. The summed E-state index contributed by atoms with van der Waals surface area (Å²) in [6.45, 7) is 20.8. The van der Waals surface area contributed by atoms with E-state index >= 15 is 0 Å². The molecule has 4 heterocycles. The van der Waals surface area contributed by atoms with Gasteiger partial charge in [-0.25, -0.2) is 19.2 Å². The normalized spacial score (nSPS) is 15.2. The minimum absolute atomic E-state index is 0.0593. The largest absolute Gasteiger partial charge is 0.480 e. The molecule has 2 aromatic rings. The highest BCUT2D eigenvalue weighted by atomic mass is 32.2. The molecule has 4 atom stereocenters. The smallest absolute Gasteiger partial charge is 0.367 e. The molecule has 0 spiro atoms. The van der Waals surface area contributed by atoms with Crippen molar-refractivity contribution in [1.29, 1.82) is 0 Å². The zero-order chi connectivity index (χ0) is 63.9. The van der Waals surface area contributed by atoms with Gasteiger partial charge < -0.3 is 99.5 Å².